The molecule has 1 aromatic carbocycles. The summed E-state index contributed by atoms with van der Waals surface area (Å²) < 4.78 is 0. The fraction of sp³-hybridized carbons (Fsp3) is 0.471. The maximum absolute atomic E-state index is 5.34. The van der Waals surface area contributed by atoms with Crippen molar-refractivity contribution in [2.24, 2.45) is 0 Å². The standard InChI is InChI=1S/C17H24N2S/c1-2-14-9-6-10-16(13-14)19-17(20)18-12-11-15-7-4-3-5-8-15/h6-7,9-10,13H,2-5,8,11-12H2,1H3,(H2,18,19,20). The van der Waals surface area contributed by atoms with Crippen LogP contribution in [0.2, 0.25) is 0 Å². The minimum Gasteiger partial charge on any atom is -0.362 e. The molecule has 0 aromatic heterocycles. The Balaban J connectivity index is 1.73. The third-order valence-electron chi connectivity index (χ3n) is 3.71. The molecule has 0 heterocycles. The van der Waals surface area contributed by atoms with E-state index in [0.717, 1.165) is 30.2 Å². The molecule has 0 fully saturated rings. The van der Waals surface area contributed by atoms with Gasteiger partial charge in [0.15, 0.2) is 5.11 Å². The zero-order valence-corrected chi connectivity index (χ0v) is 13.1. The maximum atomic E-state index is 5.34. The topological polar surface area (TPSA) is 24.1 Å². The lowest BCUT2D eigenvalue weighted by Gasteiger charge is -2.14. The average Bonchev–Trinajstić information content (AvgIpc) is 2.48. The number of allylic oxidation sites excluding steroid dienone is 1. The fourth-order valence-corrected chi connectivity index (χ4v) is 2.73. The van der Waals surface area contributed by atoms with Crippen molar-refractivity contribution in [3.8, 4) is 0 Å². The third-order valence-corrected chi connectivity index (χ3v) is 3.96. The van der Waals surface area contributed by atoms with E-state index < -0.39 is 0 Å². The van der Waals surface area contributed by atoms with Gasteiger partial charge in [0.2, 0.25) is 0 Å². The molecule has 2 N–H and O–H groups in total. The van der Waals surface area contributed by atoms with Crippen molar-refractivity contribution in [2.45, 2.75) is 45.4 Å². The summed E-state index contributed by atoms with van der Waals surface area (Å²) in [6, 6.07) is 8.41. The van der Waals surface area contributed by atoms with Gasteiger partial charge in [0.1, 0.15) is 0 Å². The number of hydrogen-bond acceptors (Lipinski definition) is 1. The molecule has 0 radical (unpaired) electrons. The van der Waals surface area contributed by atoms with Crippen LogP contribution in [0.1, 0.15) is 44.6 Å². The maximum Gasteiger partial charge on any atom is 0.170 e. The molecular formula is C17H24N2S. The number of aryl methyl sites for hydroxylation is 1. The van der Waals surface area contributed by atoms with E-state index in [1.165, 1.54) is 31.2 Å². The van der Waals surface area contributed by atoms with Crippen LogP contribution >= 0.6 is 12.2 Å². The Bertz CT molecular complexity index is 480. The van der Waals surface area contributed by atoms with Gasteiger partial charge < -0.3 is 10.6 Å². The second-order valence-electron chi connectivity index (χ2n) is 5.29. The Labute approximate surface area is 127 Å². The Morgan fingerprint density at radius 1 is 1.30 bits per heavy atom. The summed E-state index contributed by atoms with van der Waals surface area (Å²) in [5.41, 5.74) is 3.98. The van der Waals surface area contributed by atoms with E-state index in [0.29, 0.717) is 0 Å². The van der Waals surface area contributed by atoms with Crippen molar-refractivity contribution in [1.82, 2.24) is 5.32 Å². The van der Waals surface area contributed by atoms with Crippen molar-refractivity contribution in [2.75, 3.05) is 11.9 Å². The largest absolute Gasteiger partial charge is 0.362 e. The lowest BCUT2D eigenvalue weighted by Crippen LogP contribution is -2.29. The van der Waals surface area contributed by atoms with Gasteiger partial charge >= 0.3 is 0 Å². The average molecular weight is 288 g/mol. The molecule has 2 nitrogen and oxygen atoms in total. The highest BCUT2D eigenvalue weighted by atomic mass is 32.1. The number of hydrogen-bond donors (Lipinski definition) is 2. The van der Waals surface area contributed by atoms with Crippen molar-refractivity contribution < 1.29 is 0 Å². The van der Waals surface area contributed by atoms with E-state index in [1.807, 2.05) is 0 Å². The number of benzene rings is 1. The van der Waals surface area contributed by atoms with Gasteiger partial charge in [-0.3, -0.25) is 0 Å². The van der Waals surface area contributed by atoms with Gasteiger partial charge in [0.05, 0.1) is 0 Å². The van der Waals surface area contributed by atoms with Crippen LogP contribution < -0.4 is 10.6 Å². The predicted octanol–water partition coefficient (Wildman–Crippen LogP) is 4.43. The zero-order valence-electron chi connectivity index (χ0n) is 12.2. The molecular weight excluding hydrogens is 264 g/mol. The monoisotopic (exact) mass is 288 g/mol. The van der Waals surface area contributed by atoms with Gasteiger partial charge in [0.25, 0.3) is 0 Å². The molecule has 20 heavy (non-hydrogen) atoms. The van der Waals surface area contributed by atoms with E-state index in [9.17, 15) is 0 Å². The Morgan fingerprint density at radius 3 is 2.95 bits per heavy atom. The van der Waals surface area contributed by atoms with Crippen LogP contribution in [0, 0.1) is 0 Å². The molecule has 0 atom stereocenters. The molecule has 0 bridgehead atoms. The highest BCUT2D eigenvalue weighted by Crippen LogP contribution is 2.19. The summed E-state index contributed by atoms with van der Waals surface area (Å²) in [5, 5.41) is 7.27. The summed E-state index contributed by atoms with van der Waals surface area (Å²) in [6.45, 7) is 3.08. The van der Waals surface area contributed by atoms with Crippen LogP contribution in [-0.2, 0) is 6.42 Å². The molecule has 0 saturated heterocycles. The van der Waals surface area contributed by atoms with Crippen LogP contribution in [0.15, 0.2) is 35.9 Å². The van der Waals surface area contributed by atoms with Crippen molar-refractivity contribution in [3.05, 3.63) is 41.5 Å². The molecule has 108 valence electrons. The first kappa shape index (κ1) is 15.0. The lowest BCUT2D eigenvalue weighted by molar-refractivity contribution is 0.669. The van der Waals surface area contributed by atoms with Crippen LogP contribution in [0.3, 0.4) is 0 Å². The minimum atomic E-state index is 0.717. The van der Waals surface area contributed by atoms with E-state index in [-0.39, 0.29) is 0 Å². The van der Waals surface area contributed by atoms with Crippen molar-refractivity contribution >= 4 is 23.0 Å². The quantitative estimate of drug-likeness (QED) is 0.619. The van der Waals surface area contributed by atoms with E-state index in [1.54, 1.807) is 5.57 Å². The smallest absolute Gasteiger partial charge is 0.170 e. The second-order valence-corrected chi connectivity index (χ2v) is 5.70. The highest BCUT2D eigenvalue weighted by molar-refractivity contribution is 7.80. The highest BCUT2D eigenvalue weighted by Gasteiger charge is 2.04. The van der Waals surface area contributed by atoms with Gasteiger partial charge in [-0.25, -0.2) is 0 Å². The van der Waals surface area contributed by atoms with E-state index in [2.05, 4.69) is 47.9 Å². The Kier molecular flexibility index (Phi) is 6.06. The second kappa shape index (κ2) is 8.05. The van der Waals surface area contributed by atoms with Crippen LogP contribution in [-0.4, -0.2) is 11.7 Å². The first-order valence-corrected chi connectivity index (χ1v) is 8.00. The van der Waals surface area contributed by atoms with Crippen LogP contribution in [0.4, 0.5) is 5.69 Å². The van der Waals surface area contributed by atoms with Gasteiger partial charge in [0, 0.05) is 12.2 Å². The molecule has 3 heteroatoms. The first-order chi connectivity index (χ1) is 9.78. The summed E-state index contributed by atoms with van der Waals surface area (Å²) in [7, 11) is 0. The molecule has 1 aliphatic rings. The molecule has 1 aromatic rings. The summed E-state index contributed by atoms with van der Waals surface area (Å²) in [5.74, 6) is 0. The number of thiocarbonyl (C=S) groups is 1. The normalized spacial score (nSPS) is 14.6. The Hall–Kier alpha value is -1.35. The van der Waals surface area contributed by atoms with Gasteiger partial charge in [-0.1, -0.05) is 30.7 Å². The van der Waals surface area contributed by atoms with Crippen molar-refractivity contribution in [1.29, 1.82) is 0 Å². The first-order valence-electron chi connectivity index (χ1n) is 7.59. The third kappa shape index (κ3) is 4.97. The van der Waals surface area contributed by atoms with Crippen LogP contribution in [0.25, 0.3) is 0 Å². The van der Waals surface area contributed by atoms with Gasteiger partial charge in [-0.2, -0.15) is 0 Å². The van der Waals surface area contributed by atoms with Gasteiger partial charge in [-0.05, 0) is 68.4 Å². The van der Waals surface area contributed by atoms with Crippen molar-refractivity contribution in [3.63, 3.8) is 0 Å². The molecule has 0 aliphatic heterocycles. The molecule has 0 unspecified atom stereocenters. The van der Waals surface area contributed by atoms with Gasteiger partial charge in [-0.15, -0.1) is 0 Å². The fourth-order valence-electron chi connectivity index (χ4n) is 2.51. The summed E-state index contributed by atoms with van der Waals surface area (Å²) in [4.78, 5) is 0. The van der Waals surface area contributed by atoms with E-state index in [4.69, 9.17) is 12.2 Å². The molecule has 1 aliphatic carbocycles. The number of anilines is 1. The Morgan fingerprint density at radius 2 is 2.20 bits per heavy atom. The summed E-state index contributed by atoms with van der Waals surface area (Å²) in [6.07, 6.45) is 9.76. The molecule has 0 amide bonds. The number of nitrogens with one attached hydrogen (secondary N) is 2. The summed E-state index contributed by atoms with van der Waals surface area (Å²) >= 11 is 5.34. The van der Waals surface area contributed by atoms with E-state index >= 15 is 0 Å². The lowest BCUT2D eigenvalue weighted by atomic mass is 9.97. The number of rotatable bonds is 5. The molecule has 0 saturated carbocycles. The SMILES string of the molecule is CCc1cccc(NC(=S)NCCC2=CCCCC2)c1. The molecule has 0 spiro atoms. The molecule has 2 rings (SSSR count). The minimum absolute atomic E-state index is 0.717. The predicted molar refractivity (Wildman–Crippen MR) is 91.2 cm³/mol. The van der Waals surface area contributed by atoms with Crippen LogP contribution in [0.5, 0.6) is 0 Å². The zero-order chi connectivity index (χ0) is 14.2.